The standard InChI is InChI=1S/C21H24ClNO3/c1-14-6-8-16(13-17(14)22)23-20(24)21(10-4-5-11-21)15-7-9-18(25-2)19(12-15)26-3/h6-9,12-13H,4-5,10-11H2,1-3H3,(H,23,24). The summed E-state index contributed by atoms with van der Waals surface area (Å²) in [6.07, 6.45) is 3.68. The molecule has 1 aliphatic carbocycles. The highest BCUT2D eigenvalue weighted by Crippen LogP contribution is 2.44. The normalized spacial score (nSPS) is 15.5. The number of hydrogen-bond donors (Lipinski definition) is 1. The fourth-order valence-electron chi connectivity index (χ4n) is 3.68. The topological polar surface area (TPSA) is 47.6 Å². The third-order valence-electron chi connectivity index (χ3n) is 5.26. The smallest absolute Gasteiger partial charge is 0.235 e. The summed E-state index contributed by atoms with van der Waals surface area (Å²) in [5, 5.41) is 3.71. The fraction of sp³-hybridized carbons (Fsp3) is 0.381. The Morgan fingerprint density at radius 2 is 1.73 bits per heavy atom. The van der Waals surface area contributed by atoms with E-state index >= 15 is 0 Å². The van der Waals surface area contributed by atoms with Crippen LogP contribution in [0.15, 0.2) is 36.4 Å². The number of halogens is 1. The first-order valence-electron chi connectivity index (χ1n) is 8.80. The molecule has 0 bridgehead atoms. The van der Waals surface area contributed by atoms with Crippen LogP contribution in [-0.2, 0) is 10.2 Å². The van der Waals surface area contributed by atoms with E-state index in [1.165, 1.54) is 0 Å². The predicted molar refractivity (Wildman–Crippen MR) is 105 cm³/mol. The maximum Gasteiger partial charge on any atom is 0.235 e. The number of benzene rings is 2. The van der Waals surface area contributed by atoms with Gasteiger partial charge >= 0.3 is 0 Å². The minimum Gasteiger partial charge on any atom is -0.493 e. The van der Waals surface area contributed by atoms with Crippen LogP contribution in [0.4, 0.5) is 5.69 Å². The quantitative estimate of drug-likeness (QED) is 0.791. The van der Waals surface area contributed by atoms with Crippen molar-refractivity contribution in [1.29, 1.82) is 0 Å². The lowest BCUT2D eigenvalue weighted by molar-refractivity contribution is -0.121. The van der Waals surface area contributed by atoms with Gasteiger partial charge in [0.25, 0.3) is 0 Å². The minimum atomic E-state index is -0.559. The van der Waals surface area contributed by atoms with Crippen LogP contribution in [-0.4, -0.2) is 20.1 Å². The van der Waals surface area contributed by atoms with Gasteiger partial charge in [-0.25, -0.2) is 0 Å². The summed E-state index contributed by atoms with van der Waals surface area (Å²) in [5.41, 5.74) is 2.11. The van der Waals surface area contributed by atoms with Crippen LogP contribution in [0.5, 0.6) is 11.5 Å². The molecule has 0 unspecified atom stereocenters. The molecule has 2 aromatic carbocycles. The Bertz CT molecular complexity index is 813. The summed E-state index contributed by atoms with van der Waals surface area (Å²) in [6, 6.07) is 11.3. The second-order valence-corrected chi connectivity index (χ2v) is 7.18. The largest absolute Gasteiger partial charge is 0.493 e. The Balaban J connectivity index is 1.94. The van der Waals surface area contributed by atoms with Crippen LogP contribution in [0.25, 0.3) is 0 Å². The molecule has 4 nitrogen and oxygen atoms in total. The molecule has 3 rings (SSSR count). The van der Waals surface area contributed by atoms with Crippen LogP contribution >= 0.6 is 11.6 Å². The maximum absolute atomic E-state index is 13.3. The highest BCUT2D eigenvalue weighted by Gasteiger charge is 2.43. The zero-order chi connectivity index (χ0) is 18.7. The van der Waals surface area contributed by atoms with Crippen LogP contribution in [0.1, 0.15) is 36.8 Å². The third kappa shape index (κ3) is 3.38. The van der Waals surface area contributed by atoms with Crippen LogP contribution < -0.4 is 14.8 Å². The lowest BCUT2D eigenvalue weighted by atomic mass is 9.77. The predicted octanol–water partition coefficient (Wildman–Crippen LogP) is 5.12. The number of carbonyl (C=O) groups is 1. The molecule has 1 N–H and O–H groups in total. The first-order chi connectivity index (χ1) is 12.5. The molecule has 26 heavy (non-hydrogen) atoms. The summed E-state index contributed by atoms with van der Waals surface area (Å²) >= 11 is 6.20. The summed E-state index contributed by atoms with van der Waals surface area (Å²) < 4.78 is 10.8. The molecule has 2 aromatic rings. The van der Waals surface area contributed by atoms with Gasteiger partial charge in [0.1, 0.15) is 0 Å². The van der Waals surface area contributed by atoms with E-state index in [-0.39, 0.29) is 5.91 Å². The van der Waals surface area contributed by atoms with Gasteiger partial charge in [0.15, 0.2) is 11.5 Å². The van der Waals surface area contributed by atoms with Gasteiger partial charge in [-0.15, -0.1) is 0 Å². The van der Waals surface area contributed by atoms with Crippen LogP contribution in [0.2, 0.25) is 5.02 Å². The van der Waals surface area contributed by atoms with Crippen molar-refractivity contribution in [3.8, 4) is 11.5 Å². The van der Waals surface area contributed by atoms with E-state index in [1.807, 2.05) is 37.3 Å². The molecule has 1 saturated carbocycles. The van der Waals surface area contributed by atoms with E-state index in [2.05, 4.69) is 5.32 Å². The average Bonchev–Trinajstić information content (AvgIpc) is 3.15. The fourth-order valence-corrected chi connectivity index (χ4v) is 3.86. The number of nitrogens with one attached hydrogen (secondary N) is 1. The van der Waals surface area contributed by atoms with Crippen LogP contribution in [0, 0.1) is 6.92 Å². The Labute approximate surface area is 159 Å². The van der Waals surface area contributed by atoms with Gasteiger partial charge in [-0.2, -0.15) is 0 Å². The Kier molecular flexibility index (Phi) is 5.42. The van der Waals surface area contributed by atoms with Gasteiger partial charge in [-0.1, -0.05) is 36.6 Å². The average molecular weight is 374 g/mol. The van der Waals surface area contributed by atoms with Crippen molar-refractivity contribution in [3.05, 3.63) is 52.5 Å². The van der Waals surface area contributed by atoms with E-state index in [0.29, 0.717) is 16.5 Å². The first-order valence-corrected chi connectivity index (χ1v) is 9.18. The number of ether oxygens (including phenoxy) is 2. The second-order valence-electron chi connectivity index (χ2n) is 6.78. The molecule has 0 spiro atoms. The van der Waals surface area contributed by atoms with E-state index in [1.54, 1.807) is 20.3 Å². The van der Waals surface area contributed by atoms with E-state index in [0.717, 1.165) is 42.5 Å². The molecule has 0 radical (unpaired) electrons. The van der Waals surface area contributed by atoms with E-state index < -0.39 is 5.41 Å². The van der Waals surface area contributed by atoms with Crippen molar-refractivity contribution >= 4 is 23.2 Å². The SMILES string of the molecule is COc1ccc(C2(C(=O)Nc3ccc(C)c(Cl)c3)CCCC2)cc1OC. The molecule has 0 heterocycles. The van der Waals surface area contributed by atoms with Crippen LogP contribution in [0.3, 0.4) is 0 Å². The molecule has 138 valence electrons. The molecule has 0 atom stereocenters. The van der Waals surface area contributed by atoms with Crippen molar-refractivity contribution in [2.75, 3.05) is 19.5 Å². The monoisotopic (exact) mass is 373 g/mol. The molecule has 1 amide bonds. The lowest BCUT2D eigenvalue weighted by Gasteiger charge is -2.29. The molecule has 0 saturated heterocycles. The molecule has 1 fully saturated rings. The Morgan fingerprint density at radius 1 is 1.04 bits per heavy atom. The van der Waals surface area contributed by atoms with Gasteiger partial charge in [0.2, 0.25) is 5.91 Å². The van der Waals surface area contributed by atoms with Crippen molar-refractivity contribution in [1.82, 2.24) is 0 Å². The summed E-state index contributed by atoms with van der Waals surface area (Å²) in [6.45, 7) is 1.94. The minimum absolute atomic E-state index is 0.00198. The number of carbonyl (C=O) groups excluding carboxylic acids is 1. The van der Waals surface area contributed by atoms with Gasteiger partial charge in [-0.3, -0.25) is 4.79 Å². The third-order valence-corrected chi connectivity index (χ3v) is 5.66. The number of hydrogen-bond acceptors (Lipinski definition) is 3. The number of rotatable bonds is 5. The first kappa shape index (κ1) is 18.6. The van der Waals surface area contributed by atoms with Crippen molar-refractivity contribution in [2.45, 2.75) is 38.0 Å². The Morgan fingerprint density at radius 3 is 2.35 bits per heavy atom. The van der Waals surface area contributed by atoms with Gasteiger partial charge < -0.3 is 14.8 Å². The van der Waals surface area contributed by atoms with Gasteiger partial charge in [-0.05, 0) is 55.2 Å². The molecule has 0 aliphatic heterocycles. The molecular weight excluding hydrogens is 350 g/mol. The van der Waals surface area contributed by atoms with Gasteiger partial charge in [0, 0.05) is 10.7 Å². The number of anilines is 1. The van der Waals surface area contributed by atoms with Gasteiger partial charge in [0.05, 0.1) is 19.6 Å². The van der Waals surface area contributed by atoms with E-state index in [9.17, 15) is 4.79 Å². The summed E-state index contributed by atoms with van der Waals surface area (Å²) in [4.78, 5) is 13.3. The van der Waals surface area contributed by atoms with Crippen molar-refractivity contribution in [2.24, 2.45) is 0 Å². The zero-order valence-corrected chi connectivity index (χ0v) is 16.2. The molecule has 5 heteroatoms. The second kappa shape index (κ2) is 7.58. The highest BCUT2D eigenvalue weighted by atomic mass is 35.5. The molecular formula is C21H24ClNO3. The van der Waals surface area contributed by atoms with Crippen molar-refractivity contribution < 1.29 is 14.3 Å². The molecule has 1 aliphatic rings. The zero-order valence-electron chi connectivity index (χ0n) is 15.4. The number of amides is 1. The summed E-state index contributed by atoms with van der Waals surface area (Å²) in [7, 11) is 3.22. The number of methoxy groups -OCH3 is 2. The number of aryl methyl sites for hydroxylation is 1. The lowest BCUT2D eigenvalue weighted by Crippen LogP contribution is -2.38. The maximum atomic E-state index is 13.3. The highest BCUT2D eigenvalue weighted by molar-refractivity contribution is 6.31. The molecule has 0 aromatic heterocycles. The Hall–Kier alpha value is -2.20. The van der Waals surface area contributed by atoms with Crippen molar-refractivity contribution in [3.63, 3.8) is 0 Å². The summed E-state index contributed by atoms with van der Waals surface area (Å²) in [5.74, 6) is 1.31. The van der Waals surface area contributed by atoms with E-state index in [4.69, 9.17) is 21.1 Å².